The molecular formula is C24H26F3N5O4P+. The molecule has 1 atom stereocenters. The van der Waals surface area contributed by atoms with Crippen LogP contribution in [0.15, 0.2) is 48.7 Å². The van der Waals surface area contributed by atoms with Crippen LogP contribution in [-0.4, -0.2) is 42.8 Å². The molecular weight excluding hydrogens is 510 g/mol. The first-order chi connectivity index (χ1) is 17.7. The minimum absolute atomic E-state index is 0.126. The first-order valence-corrected chi connectivity index (χ1v) is 12.6. The Balaban J connectivity index is 1.90. The second-order valence-electron chi connectivity index (χ2n) is 7.59. The van der Waals surface area contributed by atoms with Gasteiger partial charge < -0.3 is 20.7 Å². The fourth-order valence-electron chi connectivity index (χ4n) is 3.34. The molecule has 1 amide bonds. The van der Waals surface area contributed by atoms with Crippen LogP contribution in [0.2, 0.25) is 0 Å². The molecule has 0 bridgehead atoms. The molecule has 1 unspecified atom stereocenters. The van der Waals surface area contributed by atoms with Gasteiger partial charge in [-0.3, -0.25) is 4.79 Å². The number of methoxy groups -OCH3 is 1. The molecule has 3 rings (SSSR count). The number of rotatable bonds is 11. The Morgan fingerprint density at radius 3 is 2.54 bits per heavy atom. The molecule has 0 aliphatic heterocycles. The molecule has 0 saturated carbocycles. The van der Waals surface area contributed by atoms with Crippen LogP contribution in [0.3, 0.4) is 0 Å². The van der Waals surface area contributed by atoms with E-state index in [4.69, 9.17) is 9.26 Å². The van der Waals surface area contributed by atoms with E-state index < -0.39 is 31.5 Å². The van der Waals surface area contributed by atoms with Crippen LogP contribution in [-0.2, 0) is 21.7 Å². The molecule has 0 saturated heterocycles. The second-order valence-corrected chi connectivity index (χ2v) is 8.96. The number of aromatic nitrogens is 2. The van der Waals surface area contributed by atoms with Crippen molar-refractivity contribution in [1.82, 2.24) is 15.3 Å². The second kappa shape index (κ2) is 12.5. The fraction of sp³-hybridized carbons (Fsp3) is 0.292. The number of hydrogen-bond acceptors (Lipinski definition) is 8. The Labute approximate surface area is 212 Å². The van der Waals surface area contributed by atoms with Gasteiger partial charge >= 0.3 is 14.2 Å². The number of amides is 1. The molecule has 9 nitrogen and oxygen atoms in total. The van der Waals surface area contributed by atoms with Crippen LogP contribution >= 0.6 is 8.03 Å². The lowest BCUT2D eigenvalue weighted by Gasteiger charge is -2.17. The average molecular weight is 536 g/mol. The van der Waals surface area contributed by atoms with Crippen LogP contribution in [0.25, 0.3) is 0 Å². The Hall–Kier alpha value is -3.76. The normalized spacial score (nSPS) is 11.6. The fourth-order valence-corrected chi connectivity index (χ4v) is 4.20. The first-order valence-electron chi connectivity index (χ1n) is 11.2. The number of carbonyl (C=O) groups is 1. The zero-order valence-corrected chi connectivity index (χ0v) is 21.2. The summed E-state index contributed by atoms with van der Waals surface area (Å²) in [6, 6.07) is 11.3. The number of carbonyl (C=O) groups excluding carboxylic acids is 1. The molecule has 1 aromatic heterocycles. The van der Waals surface area contributed by atoms with Crippen molar-refractivity contribution >= 4 is 37.1 Å². The monoisotopic (exact) mass is 536 g/mol. The van der Waals surface area contributed by atoms with Crippen molar-refractivity contribution in [1.29, 1.82) is 0 Å². The molecule has 196 valence electrons. The third kappa shape index (κ3) is 7.37. The number of alkyl halides is 3. The highest BCUT2D eigenvalue weighted by Crippen LogP contribution is 2.36. The van der Waals surface area contributed by atoms with E-state index in [1.54, 1.807) is 37.3 Å². The van der Waals surface area contributed by atoms with E-state index in [1.165, 1.54) is 26.3 Å². The van der Waals surface area contributed by atoms with Gasteiger partial charge in [0.15, 0.2) is 6.16 Å². The molecule has 0 radical (unpaired) electrons. The van der Waals surface area contributed by atoms with Crippen molar-refractivity contribution in [3.8, 4) is 5.75 Å². The SMILES string of the molecule is CCO[P+](=O)CCc1ccc(Nc2ncc(C(F)(F)F)c(Nc3ccccc3C(=O)NC)n2)c(OC)c1. The third-order valence-corrected chi connectivity index (χ3v) is 6.25. The van der Waals surface area contributed by atoms with E-state index in [0.29, 0.717) is 36.8 Å². The first kappa shape index (κ1) is 27.8. The Morgan fingerprint density at radius 2 is 1.86 bits per heavy atom. The van der Waals surface area contributed by atoms with Gasteiger partial charge in [-0.05, 0) is 41.3 Å². The molecule has 3 N–H and O–H groups in total. The van der Waals surface area contributed by atoms with Gasteiger partial charge in [-0.15, -0.1) is 4.52 Å². The number of benzene rings is 2. The van der Waals surface area contributed by atoms with Crippen molar-refractivity contribution in [2.75, 3.05) is 37.6 Å². The molecule has 0 spiro atoms. The molecule has 0 aliphatic rings. The summed E-state index contributed by atoms with van der Waals surface area (Å²) in [4.78, 5) is 20.0. The summed E-state index contributed by atoms with van der Waals surface area (Å²) in [7, 11) is 1.11. The number of ether oxygens (including phenoxy) is 1. The van der Waals surface area contributed by atoms with Gasteiger partial charge in [0.05, 0.1) is 30.7 Å². The van der Waals surface area contributed by atoms with Crippen molar-refractivity contribution in [2.45, 2.75) is 19.5 Å². The zero-order chi connectivity index (χ0) is 27.0. The van der Waals surface area contributed by atoms with E-state index >= 15 is 0 Å². The summed E-state index contributed by atoms with van der Waals surface area (Å²) in [5.41, 5.74) is 0.443. The standard InChI is InChI=1S/C24H25F3N5O4P/c1-4-36-37(34)12-11-15-9-10-19(20(13-15)35-3)31-23-29-14-17(24(25,26)27)21(32-23)30-18-8-6-5-7-16(18)22(33)28-2/h5-10,13-14H,4,11-12H2,1-3H3,(H2-,28,29,30,31,32,33)/p+1. The van der Waals surface area contributed by atoms with Gasteiger partial charge in [-0.2, -0.15) is 18.2 Å². The van der Waals surface area contributed by atoms with Crippen LogP contribution in [0.1, 0.15) is 28.4 Å². The summed E-state index contributed by atoms with van der Waals surface area (Å²) >= 11 is 0. The number of nitrogens with zero attached hydrogens (tertiary/aromatic N) is 2. The largest absolute Gasteiger partial charge is 0.508 e. The average Bonchev–Trinajstić information content (AvgIpc) is 2.87. The molecule has 0 aliphatic carbocycles. The summed E-state index contributed by atoms with van der Waals surface area (Å²) in [6.07, 6.45) is -3.26. The lowest BCUT2D eigenvalue weighted by Crippen LogP contribution is -2.20. The van der Waals surface area contributed by atoms with Crippen molar-refractivity contribution in [3.05, 3.63) is 65.4 Å². The Bertz CT molecular complexity index is 1270. The molecule has 37 heavy (non-hydrogen) atoms. The van der Waals surface area contributed by atoms with E-state index in [0.717, 1.165) is 5.56 Å². The van der Waals surface area contributed by atoms with Crippen molar-refractivity contribution in [2.24, 2.45) is 0 Å². The summed E-state index contributed by atoms with van der Waals surface area (Å²) < 4.78 is 63.4. The highest BCUT2D eigenvalue weighted by Gasteiger charge is 2.35. The zero-order valence-electron chi connectivity index (χ0n) is 20.3. The lowest BCUT2D eigenvalue weighted by atomic mass is 10.1. The summed E-state index contributed by atoms with van der Waals surface area (Å²) in [5.74, 6) is -0.734. The van der Waals surface area contributed by atoms with Crippen LogP contribution in [0.4, 0.5) is 36.3 Å². The highest BCUT2D eigenvalue weighted by atomic mass is 31.1. The smallest absolute Gasteiger partial charge is 0.495 e. The number of aryl methyl sites for hydroxylation is 1. The van der Waals surface area contributed by atoms with Gasteiger partial charge in [0.2, 0.25) is 5.95 Å². The van der Waals surface area contributed by atoms with Crippen LogP contribution < -0.4 is 20.7 Å². The molecule has 13 heteroatoms. The van der Waals surface area contributed by atoms with Gasteiger partial charge in [-0.1, -0.05) is 18.2 Å². The van der Waals surface area contributed by atoms with Gasteiger partial charge in [0.25, 0.3) is 5.91 Å². The highest BCUT2D eigenvalue weighted by molar-refractivity contribution is 7.39. The van der Waals surface area contributed by atoms with Gasteiger partial charge in [0.1, 0.15) is 17.1 Å². The maximum atomic E-state index is 13.7. The number of nitrogens with one attached hydrogen (secondary N) is 3. The Kier molecular flexibility index (Phi) is 9.37. The summed E-state index contributed by atoms with van der Waals surface area (Å²) in [6.45, 7) is 2.13. The van der Waals surface area contributed by atoms with Crippen molar-refractivity contribution in [3.63, 3.8) is 0 Å². The number of halogens is 3. The predicted molar refractivity (Wildman–Crippen MR) is 134 cm³/mol. The lowest BCUT2D eigenvalue weighted by molar-refractivity contribution is -0.137. The van der Waals surface area contributed by atoms with Gasteiger partial charge in [-0.25, -0.2) is 4.98 Å². The summed E-state index contributed by atoms with van der Waals surface area (Å²) in [5, 5.41) is 7.95. The molecule has 3 aromatic rings. The van der Waals surface area contributed by atoms with Crippen LogP contribution in [0, 0.1) is 0 Å². The minimum Gasteiger partial charge on any atom is -0.495 e. The Morgan fingerprint density at radius 1 is 1.11 bits per heavy atom. The molecule has 1 heterocycles. The van der Waals surface area contributed by atoms with Gasteiger partial charge in [0, 0.05) is 19.7 Å². The van der Waals surface area contributed by atoms with E-state index in [-0.39, 0.29) is 17.2 Å². The topological polar surface area (TPSA) is 114 Å². The van der Waals surface area contributed by atoms with Crippen molar-refractivity contribution < 1.29 is 31.8 Å². The number of para-hydroxylation sites is 1. The maximum Gasteiger partial charge on any atom is 0.508 e. The minimum atomic E-state index is -4.75. The van der Waals surface area contributed by atoms with E-state index in [9.17, 15) is 22.5 Å². The van der Waals surface area contributed by atoms with E-state index in [2.05, 4.69) is 25.9 Å². The third-order valence-electron chi connectivity index (χ3n) is 5.11. The predicted octanol–water partition coefficient (Wildman–Crippen LogP) is 5.67. The maximum absolute atomic E-state index is 13.7. The van der Waals surface area contributed by atoms with E-state index in [1.807, 2.05) is 0 Å². The molecule has 0 fully saturated rings. The quantitative estimate of drug-likeness (QED) is 0.269. The van der Waals surface area contributed by atoms with Crippen LogP contribution in [0.5, 0.6) is 5.75 Å². The number of anilines is 4. The number of hydrogen-bond donors (Lipinski definition) is 3. The molecule has 2 aromatic carbocycles.